The molecule has 1 aromatic heterocycles. The van der Waals surface area contributed by atoms with Crippen LogP contribution in [0.15, 0.2) is 30.6 Å². The Morgan fingerprint density at radius 1 is 1.12 bits per heavy atom. The molecule has 1 fully saturated rings. The number of carbonyl (C=O) groups is 3. The molecule has 0 radical (unpaired) electrons. The van der Waals surface area contributed by atoms with Gasteiger partial charge in [-0.1, -0.05) is 32.4 Å². The summed E-state index contributed by atoms with van der Waals surface area (Å²) in [5, 5.41) is 11.2. The first kappa shape index (κ1) is 38.6. The molecule has 3 aromatic rings. The van der Waals surface area contributed by atoms with Crippen LogP contribution in [0.2, 0.25) is 5.02 Å². The number of benzene rings is 2. The lowest BCUT2D eigenvalue weighted by Crippen LogP contribution is -2.59. The van der Waals surface area contributed by atoms with E-state index < -0.39 is 46.1 Å². The van der Waals surface area contributed by atoms with Crippen LogP contribution in [-0.2, 0) is 19.1 Å². The molecule has 1 aliphatic rings. The van der Waals surface area contributed by atoms with Crippen molar-refractivity contribution in [1.82, 2.24) is 25.5 Å². The summed E-state index contributed by atoms with van der Waals surface area (Å²) in [4.78, 5) is 50.5. The number of nitrogens with zero attached hydrogens (tertiary/aromatic N) is 3. The molecule has 0 saturated carbocycles. The number of nitrogens with one attached hydrogen (secondary N) is 4. The number of fused-ring (bicyclic) bond motifs is 1. The molecule has 0 aliphatic carbocycles. The highest BCUT2D eigenvalue weighted by atomic mass is 35.5. The van der Waals surface area contributed by atoms with Crippen molar-refractivity contribution in [3.63, 3.8) is 0 Å². The van der Waals surface area contributed by atoms with E-state index >= 15 is 0 Å². The van der Waals surface area contributed by atoms with Gasteiger partial charge in [-0.25, -0.2) is 18.7 Å². The molecule has 12 nitrogen and oxygen atoms in total. The zero-order valence-electron chi connectivity index (χ0n) is 27.6. The van der Waals surface area contributed by atoms with Crippen LogP contribution < -0.4 is 26.0 Å². The Morgan fingerprint density at radius 3 is 2.52 bits per heavy atom. The minimum atomic E-state index is -0.998. The molecule has 48 heavy (non-hydrogen) atoms. The molecule has 0 bridgehead atoms. The van der Waals surface area contributed by atoms with Crippen molar-refractivity contribution in [2.45, 2.75) is 58.7 Å². The Labute approximate surface area is 289 Å². The molecule has 2 aromatic carbocycles. The number of ether oxygens (including phenoxy) is 2. The predicted octanol–water partition coefficient (Wildman–Crippen LogP) is 4.82. The van der Waals surface area contributed by atoms with Crippen molar-refractivity contribution in [3.05, 3.63) is 47.2 Å². The van der Waals surface area contributed by atoms with E-state index in [1.807, 2.05) is 20.8 Å². The highest BCUT2D eigenvalue weighted by molar-refractivity contribution is 6.31. The first-order valence-corrected chi connectivity index (χ1v) is 15.5. The number of aromatic nitrogens is 2. The van der Waals surface area contributed by atoms with Crippen LogP contribution in [0.4, 0.5) is 26.0 Å². The molecular formula is C32H41Cl2F2N7O5. The van der Waals surface area contributed by atoms with Gasteiger partial charge < -0.3 is 35.6 Å². The zero-order chi connectivity index (χ0) is 34.5. The Kier molecular flexibility index (Phi) is 13.3. The van der Waals surface area contributed by atoms with Crippen LogP contribution in [0.5, 0.6) is 5.75 Å². The molecule has 262 valence electrons. The fourth-order valence-electron chi connectivity index (χ4n) is 5.12. The molecule has 3 amide bonds. The third-order valence-electron chi connectivity index (χ3n) is 7.89. The highest BCUT2D eigenvalue weighted by Gasteiger charge is 2.42. The number of anilines is 3. The van der Waals surface area contributed by atoms with Crippen LogP contribution in [0.3, 0.4) is 0 Å². The number of carbonyl (C=O) groups excluding carboxylic acids is 3. The molecule has 0 unspecified atom stereocenters. The quantitative estimate of drug-likeness (QED) is 0.153. The van der Waals surface area contributed by atoms with Gasteiger partial charge in [0.05, 0.1) is 29.5 Å². The van der Waals surface area contributed by atoms with Gasteiger partial charge in [0.2, 0.25) is 17.7 Å². The lowest BCUT2D eigenvalue weighted by Gasteiger charge is -2.36. The van der Waals surface area contributed by atoms with Gasteiger partial charge in [0.15, 0.2) is 5.82 Å². The standard InChI is InChI=1S/C32H40ClF2N7O5.ClH/c1-17(36-5)29(43)41-27(32(2,3)4)31(45)42-11-7-8-23(42)30(44)40-22-14-18-21(15-24(22)47-13-12-46-6)37-16-38-28(18)39-20-10-9-19(34)25(33)26(20)35;/h9-10,14-17,23,27,36H,7-8,11-13H2,1-6H3,(H,40,44)(H,41,43)(H,37,38,39);1H/t17-,23-,27+;/m0./s1. The molecule has 4 rings (SSSR count). The summed E-state index contributed by atoms with van der Waals surface area (Å²) in [6.45, 7) is 8.01. The molecule has 16 heteroatoms. The van der Waals surface area contributed by atoms with E-state index in [9.17, 15) is 23.2 Å². The third kappa shape index (κ3) is 8.78. The van der Waals surface area contributed by atoms with Crippen molar-refractivity contribution in [3.8, 4) is 5.75 Å². The molecule has 0 spiro atoms. The summed E-state index contributed by atoms with van der Waals surface area (Å²) in [6.07, 6.45) is 2.25. The fraction of sp³-hybridized carbons (Fsp3) is 0.469. The van der Waals surface area contributed by atoms with E-state index in [0.717, 1.165) is 6.07 Å². The van der Waals surface area contributed by atoms with Gasteiger partial charge in [-0.05, 0) is 50.4 Å². The maximum atomic E-state index is 14.7. The number of halogens is 4. The van der Waals surface area contributed by atoms with Crippen LogP contribution in [-0.4, -0.2) is 84.6 Å². The average molecular weight is 713 g/mol. The molecular weight excluding hydrogens is 671 g/mol. The lowest BCUT2D eigenvalue weighted by molar-refractivity contribution is -0.143. The maximum absolute atomic E-state index is 14.7. The summed E-state index contributed by atoms with van der Waals surface area (Å²) in [5.74, 6) is -2.62. The molecule has 4 N–H and O–H groups in total. The topological polar surface area (TPSA) is 147 Å². The molecule has 3 atom stereocenters. The minimum absolute atomic E-state index is 0. The van der Waals surface area contributed by atoms with Gasteiger partial charge in [0.1, 0.15) is 47.4 Å². The Bertz CT molecular complexity index is 1640. The highest BCUT2D eigenvalue weighted by Crippen LogP contribution is 2.36. The summed E-state index contributed by atoms with van der Waals surface area (Å²) in [6, 6.07) is 3.15. The monoisotopic (exact) mass is 711 g/mol. The number of hydrogen-bond donors (Lipinski definition) is 4. The van der Waals surface area contributed by atoms with Crippen LogP contribution in [0.1, 0.15) is 40.5 Å². The largest absolute Gasteiger partial charge is 0.489 e. The third-order valence-corrected chi connectivity index (χ3v) is 8.24. The van der Waals surface area contributed by atoms with Gasteiger partial charge >= 0.3 is 0 Å². The molecule has 1 aliphatic heterocycles. The second-order valence-electron chi connectivity index (χ2n) is 12.3. The summed E-state index contributed by atoms with van der Waals surface area (Å²) < 4.78 is 39.5. The number of methoxy groups -OCH3 is 1. The zero-order valence-corrected chi connectivity index (χ0v) is 29.2. The van der Waals surface area contributed by atoms with E-state index in [2.05, 4.69) is 31.2 Å². The van der Waals surface area contributed by atoms with E-state index in [1.165, 1.54) is 24.4 Å². The van der Waals surface area contributed by atoms with Crippen molar-refractivity contribution in [1.29, 1.82) is 0 Å². The maximum Gasteiger partial charge on any atom is 0.247 e. The number of amides is 3. The molecule has 2 heterocycles. The van der Waals surface area contributed by atoms with Crippen molar-refractivity contribution < 1.29 is 32.6 Å². The Balaban J connectivity index is 0.00000625. The summed E-state index contributed by atoms with van der Waals surface area (Å²) in [5.41, 5.74) is -0.106. The van der Waals surface area contributed by atoms with Crippen LogP contribution in [0.25, 0.3) is 10.9 Å². The summed E-state index contributed by atoms with van der Waals surface area (Å²) in [7, 11) is 3.18. The van der Waals surface area contributed by atoms with Gasteiger partial charge in [0.25, 0.3) is 0 Å². The van der Waals surface area contributed by atoms with E-state index in [0.29, 0.717) is 30.3 Å². The first-order valence-electron chi connectivity index (χ1n) is 15.2. The van der Waals surface area contributed by atoms with Crippen LogP contribution >= 0.6 is 24.0 Å². The number of hydrogen-bond acceptors (Lipinski definition) is 9. The average Bonchev–Trinajstić information content (AvgIpc) is 3.53. The van der Waals surface area contributed by atoms with E-state index in [4.69, 9.17) is 21.1 Å². The Hall–Kier alpha value is -3.85. The Morgan fingerprint density at radius 2 is 1.85 bits per heavy atom. The predicted molar refractivity (Wildman–Crippen MR) is 182 cm³/mol. The number of likely N-dealkylation sites (N-methyl/N-ethyl adjacent to an activating group) is 1. The van der Waals surface area contributed by atoms with Gasteiger partial charge in [0, 0.05) is 25.1 Å². The minimum Gasteiger partial charge on any atom is -0.489 e. The fourth-order valence-corrected chi connectivity index (χ4v) is 5.28. The van der Waals surface area contributed by atoms with E-state index in [1.54, 1.807) is 26.1 Å². The van der Waals surface area contributed by atoms with Gasteiger partial charge in [-0.15, -0.1) is 12.4 Å². The second kappa shape index (κ2) is 16.5. The van der Waals surface area contributed by atoms with Crippen molar-refractivity contribution in [2.75, 3.05) is 44.5 Å². The smallest absolute Gasteiger partial charge is 0.247 e. The summed E-state index contributed by atoms with van der Waals surface area (Å²) >= 11 is 5.77. The number of rotatable bonds is 12. The lowest BCUT2D eigenvalue weighted by atomic mass is 9.85. The van der Waals surface area contributed by atoms with Crippen molar-refractivity contribution in [2.24, 2.45) is 5.41 Å². The first-order chi connectivity index (χ1) is 22.3. The van der Waals surface area contributed by atoms with E-state index in [-0.39, 0.29) is 60.4 Å². The second-order valence-corrected chi connectivity index (χ2v) is 12.7. The number of likely N-dealkylation sites (tertiary alicyclic amines) is 1. The normalized spacial score (nSPS) is 15.8. The van der Waals surface area contributed by atoms with Gasteiger partial charge in [-0.3, -0.25) is 14.4 Å². The van der Waals surface area contributed by atoms with Crippen molar-refractivity contribution >= 4 is 69.8 Å². The molecule has 1 saturated heterocycles. The van der Waals surface area contributed by atoms with Gasteiger partial charge in [-0.2, -0.15) is 0 Å². The van der Waals surface area contributed by atoms with Crippen LogP contribution in [0, 0.1) is 17.0 Å². The SMILES string of the molecule is CN[C@@H](C)C(=O)N[C@H](C(=O)N1CCC[C@H]1C(=O)Nc1cc2c(Nc3ccc(F)c(Cl)c3F)ncnc2cc1OCCOC)C(C)(C)C.Cl.